The Hall–Kier alpha value is -3.96. The zero-order valence-electron chi connectivity index (χ0n) is 24.5. The lowest BCUT2D eigenvalue weighted by Gasteiger charge is -2.29. The molecule has 0 fully saturated rings. The molecule has 7 N–H and O–H groups in total. The van der Waals surface area contributed by atoms with Crippen LogP contribution in [-0.4, -0.2) is 71.7 Å². The first-order valence-corrected chi connectivity index (χ1v) is 14.3. The zero-order chi connectivity index (χ0) is 30.7. The van der Waals surface area contributed by atoms with Crippen molar-refractivity contribution < 1.29 is 29.0 Å². The van der Waals surface area contributed by atoms with Gasteiger partial charge < -0.3 is 36.8 Å². The Morgan fingerprint density at radius 3 is 2.40 bits per heavy atom. The fraction of sp³-hybridized carbons (Fsp3) is 0.484. The van der Waals surface area contributed by atoms with Crippen LogP contribution in [0.25, 0.3) is 0 Å². The van der Waals surface area contributed by atoms with Gasteiger partial charge >= 0.3 is 0 Å². The van der Waals surface area contributed by atoms with Gasteiger partial charge in [0.2, 0.25) is 23.6 Å². The van der Waals surface area contributed by atoms with E-state index in [1.165, 1.54) is 0 Å². The molecular weight excluding hydrogens is 538 g/mol. The van der Waals surface area contributed by atoms with E-state index in [1.807, 2.05) is 63.2 Å². The fourth-order valence-corrected chi connectivity index (χ4v) is 4.61. The van der Waals surface area contributed by atoms with E-state index >= 15 is 0 Å². The highest BCUT2D eigenvalue weighted by atomic mass is 16.5. The van der Waals surface area contributed by atoms with Gasteiger partial charge in [0.25, 0.3) is 0 Å². The summed E-state index contributed by atoms with van der Waals surface area (Å²) < 4.78 is 5.71. The van der Waals surface area contributed by atoms with Gasteiger partial charge in [-0.2, -0.15) is 0 Å². The van der Waals surface area contributed by atoms with Crippen LogP contribution in [0.3, 0.4) is 0 Å². The maximum absolute atomic E-state index is 13.3. The van der Waals surface area contributed by atoms with Crippen molar-refractivity contribution in [1.82, 2.24) is 21.3 Å². The van der Waals surface area contributed by atoms with Crippen LogP contribution in [0.15, 0.2) is 54.6 Å². The highest BCUT2D eigenvalue weighted by Crippen LogP contribution is 2.16. The number of carbonyl (C=O) groups excluding carboxylic acids is 4. The summed E-state index contributed by atoms with van der Waals surface area (Å²) in [5.74, 6) is -1.39. The third kappa shape index (κ3) is 11.1. The van der Waals surface area contributed by atoms with Gasteiger partial charge in [0.15, 0.2) is 0 Å². The Morgan fingerprint density at radius 1 is 1.07 bits per heavy atom. The minimum absolute atomic E-state index is 0.0198. The summed E-state index contributed by atoms with van der Waals surface area (Å²) in [4.78, 5) is 50.7. The number of ether oxygens (including phenoxy) is 1. The maximum Gasteiger partial charge on any atom is 0.243 e. The van der Waals surface area contributed by atoms with Crippen molar-refractivity contribution in [3.8, 4) is 5.75 Å². The molecule has 0 saturated heterocycles. The van der Waals surface area contributed by atoms with Crippen LogP contribution in [0, 0.1) is 0 Å². The van der Waals surface area contributed by atoms with Crippen LogP contribution in [0.4, 0.5) is 0 Å². The number of rotatable bonds is 9. The average molecular weight is 582 g/mol. The van der Waals surface area contributed by atoms with Crippen LogP contribution in [0.5, 0.6) is 5.75 Å². The molecule has 2 heterocycles. The largest absolute Gasteiger partial charge is 0.494 e. The summed E-state index contributed by atoms with van der Waals surface area (Å²) in [6, 6.07) is 14.1. The third-order valence-corrected chi connectivity index (χ3v) is 6.72. The highest BCUT2D eigenvalue weighted by Gasteiger charge is 2.30. The second-order valence-electron chi connectivity index (χ2n) is 11.7. The number of fused-ring (bicyclic) bond motifs is 12. The second-order valence-corrected chi connectivity index (χ2v) is 11.7. The number of aliphatic hydroxyl groups excluding tert-OH is 1. The van der Waals surface area contributed by atoms with Crippen LogP contribution in [-0.2, 0) is 32.0 Å². The molecule has 0 spiro atoms. The van der Waals surface area contributed by atoms with E-state index in [0.29, 0.717) is 25.2 Å². The average Bonchev–Trinajstić information content (AvgIpc) is 2.92. The van der Waals surface area contributed by atoms with Gasteiger partial charge in [-0.25, -0.2) is 0 Å². The van der Waals surface area contributed by atoms with E-state index in [4.69, 9.17) is 10.5 Å². The number of hydrogen-bond acceptors (Lipinski definition) is 7. The molecule has 0 aliphatic carbocycles. The maximum atomic E-state index is 13.3. The van der Waals surface area contributed by atoms with Gasteiger partial charge in [-0.15, -0.1) is 0 Å². The van der Waals surface area contributed by atoms with Gasteiger partial charge in [-0.05, 0) is 63.3 Å². The Kier molecular flexibility index (Phi) is 11.9. The van der Waals surface area contributed by atoms with Crippen molar-refractivity contribution in [1.29, 1.82) is 0 Å². The molecule has 2 aromatic carbocycles. The number of amides is 4. The number of benzene rings is 2. The molecule has 2 unspecified atom stereocenters. The summed E-state index contributed by atoms with van der Waals surface area (Å²) >= 11 is 0. The third-order valence-electron chi connectivity index (χ3n) is 6.72. The van der Waals surface area contributed by atoms with Gasteiger partial charge in [0, 0.05) is 18.5 Å². The van der Waals surface area contributed by atoms with Gasteiger partial charge in [-0.1, -0.05) is 42.5 Å². The Labute approximate surface area is 247 Å². The van der Waals surface area contributed by atoms with Crippen molar-refractivity contribution in [3.05, 3.63) is 65.7 Å². The molecule has 4 amide bonds. The predicted octanol–water partition coefficient (Wildman–Crippen LogP) is 0.723. The van der Waals surface area contributed by atoms with E-state index < -0.39 is 53.9 Å². The van der Waals surface area contributed by atoms with Gasteiger partial charge in [0.1, 0.15) is 11.8 Å². The van der Waals surface area contributed by atoms with Crippen LogP contribution in [0.2, 0.25) is 0 Å². The Morgan fingerprint density at radius 2 is 1.76 bits per heavy atom. The highest BCUT2D eigenvalue weighted by molar-refractivity contribution is 5.91. The van der Waals surface area contributed by atoms with Crippen LogP contribution in [0.1, 0.15) is 51.2 Å². The summed E-state index contributed by atoms with van der Waals surface area (Å²) in [5, 5.41) is 22.9. The zero-order valence-corrected chi connectivity index (χ0v) is 24.5. The molecule has 2 bridgehead atoms. The molecule has 4 atom stereocenters. The Balaban J connectivity index is 1.82. The van der Waals surface area contributed by atoms with E-state index in [2.05, 4.69) is 21.3 Å². The molecule has 228 valence electrons. The first-order chi connectivity index (χ1) is 19.9. The summed E-state index contributed by atoms with van der Waals surface area (Å²) in [6.07, 6.45) is -0.389. The topological polar surface area (TPSA) is 172 Å². The van der Waals surface area contributed by atoms with Crippen molar-refractivity contribution in [3.63, 3.8) is 0 Å². The van der Waals surface area contributed by atoms with Crippen molar-refractivity contribution in [2.45, 2.75) is 82.6 Å². The first-order valence-electron chi connectivity index (χ1n) is 14.3. The van der Waals surface area contributed by atoms with Crippen molar-refractivity contribution >= 4 is 23.6 Å². The molecule has 0 radical (unpaired) electrons. The SMILES string of the molecule is CC(C)(C)NC(=O)[C@H](Cc1ccccc1)NCC(O)[C@@H]1Cc2ccc(cc2)OCCCC(=O)NC(CC(N)=O)C(=O)N1. The van der Waals surface area contributed by atoms with Crippen LogP contribution >= 0.6 is 0 Å². The molecule has 2 aliphatic heterocycles. The summed E-state index contributed by atoms with van der Waals surface area (Å²) in [6.45, 7) is 5.96. The number of aliphatic hydroxyl groups is 1. The number of primary amides is 1. The van der Waals surface area contributed by atoms with Crippen molar-refractivity contribution in [2.75, 3.05) is 13.2 Å². The molecule has 0 aromatic heterocycles. The number of nitrogens with two attached hydrogens (primary N) is 1. The van der Waals surface area contributed by atoms with E-state index in [9.17, 15) is 24.3 Å². The summed E-state index contributed by atoms with van der Waals surface area (Å²) in [5.41, 5.74) is 6.67. The lowest BCUT2D eigenvalue weighted by molar-refractivity contribution is -0.132. The molecule has 0 saturated carbocycles. The van der Waals surface area contributed by atoms with Gasteiger partial charge in [0.05, 0.1) is 31.2 Å². The minimum atomic E-state index is -1.20. The van der Waals surface area contributed by atoms with Crippen LogP contribution < -0.4 is 31.7 Å². The van der Waals surface area contributed by atoms with Crippen molar-refractivity contribution in [2.24, 2.45) is 5.73 Å². The Bertz CT molecular complexity index is 1200. The lowest BCUT2D eigenvalue weighted by Crippen LogP contribution is -2.57. The smallest absolute Gasteiger partial charge is 0.243 e. The van der Waals surface area contributed by atoms with E-state index in [1.54, 1.807) is 12.1 Å². The number of carbonyl (C=O) groups is 4. The van der Waals surface area contributed by atoms with E-state index in [-0.39, 0.29) is 25.3 Å². The van der Waals surface area contributed by atoms with E-state index in [0.717, 1.165) is 11.1 Å². The molecule has 11 heteroatoms. The molecule has 2 aromatic rings. The molecule has 4 rings (SSSR count). The second kappa shape index (κ2) is 15.3. The molecular formula is C31H43N5O6. The van der Waals surface area contributed by atoms with Gasteiger partial charge in [-0.3, -0.25) is 19.2 Å². The number of nitrogens with one attached hydrogen (secondary N) is 4. The predicted molar refractivity (Wildman–Crippen MR) is 158 cm³/mol. The lowest BCUT2D eigenvalue weighted by atomic mass is 9.99. The quantitative estimate of drug-likeness (QED) is 0.253. The monoisotopic (exact) mass is 581 g/mol. The molecule has 42 heavy (non-hydrogen) atoms. The standard InChI is InChI=1S/C31H43N5O6/c1-31(2,3)36-30(41)24(17-20-8-5-4-6-9-20)33-19-26(37)23-16-21-11-13-22(14-12-21)42-15-7-10-28(39)34-25(18-27(32)38)29(40)35-23/h4-6,8-9,11-14,23-26,33,37H,7,10,15-19H2,1-3H3,(H2,32,38)(H,34,39)(H,35,40)(H,36,41)/t23-,24-,25?,26?/m0/s1. The minimum Gasteiger partial charge on any atom is -0.494 e. The fourth-order valence-electron chi connectivity index (χ4n) is 4.61. The normalized spacial score (nSPS) is 19.7. The first kappa shape index (κ1) is 32.6. The summed E-state index contributed by atoms with van der Waals surface area (Å²) in [7, 11) is 0. The molecule has 11 nitrogen and oxygen atoms in total. The molecule has 2 aliphatic rings. The number of hydrogen-bond donors (Lipinski definition) is 6.